The van der Waals surface area contributed by atoms with Gasteiger partial charge in [0.05, 0.1) is 19.0 Å². The molecule has 0 saturated heterocycles. The van der Waals surface area contributed by atoms with E-state index in [1.807, 2.05) is 30.3 Å². The fourth-order valence-electron chi connectivity index (χ4n) is 3.80. The van der Waals surface area contributed by atoms with Crippen LogP contribution in [0.5, 0.6) is 0 Å². The fraction of sp³-hybridized carbons (Fsp3) is 0.680. The van der Waals surface area contributed by atoms with Crippen molar-refractivity contribution in [1.82, 2.24) is 0 Å². The van der Waals surface area contributed by atoms with E-state index in [2.05, 4.69) is 10.0 Å². The van der Waals surface area contributed by atoms with Crippen molar-refractivity contribution in [2.75, 3.05) is 32.1 Å². The second-order valence-corrected chi connectivity index (χ2v) is 11.4. The van der Waals surface area contributed by atoms with Crippen LogP contribution in [-0.4, -0.2) is 64.9 Å². The molecule has 38 heavy (non-hydrogen) atoms. The summed E-state index contributed by atoms with van der Waals surface area (Å²) in [5.41, 5.74) is 8.01. The molecule has 1 saturated carbocycles. The van der Waals surface area contributed by atoms with Crippen LogP contribution in [0, 0.1) is 5.41 Å². The van der Waals surface area contributed by atoms with Gasteiger partial charge in [0.2, 0.25) is 0 Å². The minimum atomic E-state index is -3.93. The van der Waals surface area contributed by atoms with Crippen molar-refractivity contribution in [1.29, 1.82) is 0 Å². The normalized spacial score (nSPS) is 15.2. The summed E-state index contributed by atoms with van der Waals surface area (Å²) in [6, 6.07) is 9.15. The Hall–Kier alpha value is -2.86. The van der Waals surface area contributed by atoms with Crippen LogP contribution in [0.4, 0.5) is 4.79 Å². The Bertz CT molecular complexity index is 1020. The highest BCUT2D eigenvalue weighted by atomic mass is 32.2. The molecule has 0 aliphatic heterocycles. The van der Waals surface area contributed by atoms with Crippen molar-refractivity contribution in [3.63, 3.8) is 0 Å². The lowest BCUT2D eigenvalue weighted by Crippen LogP contribution is -2.44. The minimum Gasteiger partial charge on any atom is -0.460 e. The third-order valence-electron chi connectivity index (χ3n) is 5.87. The monoisotopic (exact) mass is 555 g/mol. The molecule has 1 aromatic carbocycles. The standard InChI is InChI=1S/C25H37N3O9S/c1-25(2,19-36-38(31,32)17-9-14-27-28-26)22(35-18-20-10-5-3-6-11-20)23(29)33-15-16-34-24(30)37-21-12-7-4-8-13-21/h3,5-6,10-11,21-22H,4,7-9,12-19H2,1-2H3/t22-/m0/s1. The molecule has 0 heterocycles. The fourth-order valence-corrected chi connectivity index (χ4v) is 4.88. The van der Waals surface area contributed by atoms with Crippen molar-refractivity contribution in [2.24, 2.45) is 10.5 Å². The number of carbonyl (C=O) groups excluding carboxylic acids is 2. The molecule has 0 aromatic heterocycles. The zero-order chi connectivity index (χ0) is 27.9. The van der Waals surface area contributed by atoms with Crippen molar-refractivity contribution in [3.8, 4) is 0 Å². The first-order valence-corrected chi connectivity index (χ1v) is 14.2. The van der Waals surface area contributed by atoms with Gasteiger partial charge in [-0.2, -0.15) is 8.42 Å². The number of carbonyl (C=O) groups is 2. The Balaban J connectivity index is 1.91. The van der Waals surface area contributed by atoms with E-state index in [4.69, 9.17) is 28.7 Å². The lowest BCUT2D eigenvalue weighted by atomic mass is 9.87. The van der Waals surface area contributed by atoms with Gasteiger partial charge in [0.1, 0.15) is 19.3 Å². The molecule has 2 rings (SSSR count). The van der Waals surface area contributed by atoms with Crippen LogP contribution in [0.2, 0.25) is 0 Å². The van der Waals surface area contributed by atoms with Crippen molar-refractivity contribution in [3.05, 3.63) is 46.3 Å². The molecule has 1 aliphatic rings. The lowest BCUT2D eigenvalue weighted by Gasteiger charge is -2.32. The molecule has 212 valence electrons. The largest absolute Gasteiger partial charge is 0.508 e. The molecule has 1 fully saturated rings. The second-order valence-electron chi connectivity index (χ2n) is 9.64. The molecule has 0 radical (unpaired) electrons. The maximum atomic E-state index is 13.0. The number of azide groups is 1. The third kappa shape index (κ3) is 12.1. The summed E-state index contributed by atoms with van der Waals surface area (Å²) in [6.07, 6.45) is 2.74. The van der Waals surface area contributed by atoms with E-state index >= 15 is 0 Å². The summed E-state index contributed by atoms with van der Waals surface area (Å²) in [6.45, 7) is 2.57. The SMILES string of the molecule is CC(C)(COS(=O)(=O)CCCN=[N+]=[N-])[C@@H](OCc1ccccc1)C(=O)OCCOC(=O)OC1CCCCC1. The molecule has 0 bridgehead atoms. The van der Waals surface area contributed by atoms with Crippen molar-refractivity contribution < 1.29 is 41.1 Å². The number of benzene rings is 1. The summed E-state index contributed by atoms with van der Waals surface area (Å²) in [4.78, 5) is 27.4. The maximum Gasteiger partial charge on any atom is 0.508 e. The van der Waals surface area contributed by atoms with Gasteiger partial charge in [-0.05, 0) is 43.2 Å². The van der Waals surface area contributed by atoms with E-state index in [9.17, 15) is 18.0 Å². The van der Waals surface area contributed by atoms with Crippen LogP contribution in [0.3, 0.4) is 0 Å². The van der Waals surface area contributed by atoms with Crippen LogP contribution in [0.1, 0.15) is 57.9 Å². The van der Waals surface area contributed by atoms with Gasteiger partial charge in [0.25, 0.3) is 10.1 Å². The highest BCUT2D eigenvalue weighted by molar-refractivity contribution is 7.86. The molecule has 1 atom stereocenters. The number of hydrogen-bond donors (Lipinski definition) is 0. The summed E-state index contributed by atoms with van der Waals surface area (Å²) < 4.78 is 51.1. The maximum absolute atomic E-state index is 13.0. The van der Waals surface area contributed by atoms with E-state index in [1.165, 1.54) is 0 Å². The zero-order valence-corrected chi connectivity index (χ0v) is 22.8. The lowest BCUT2D eigenvalue weighted by molar-refractivity contribution is -0.170. The van der Waals surface area contributed by atoms with E-state index in [0.717, 1.165) is 37.7 Å². The Morgan fingerprint density at radius 2 is 1.79 bits per heavy atom. The van der Waals surface area contributed by atoms with Gasteiger partial charge in [0.15, 0.2) is 6.10 Å². The van der Waals surface area contributed by atoms with Crippen LogP contribution < -0.4 is 0 Å². The molecule has 0 unspecified atom stereocenters. The third-order valence-corrected chi connectivity index (χ3v) is 7.14. The Kier molecular flexibility index (Phi) is 13.4. The van der Waals surface area contributed by atoms with Crippen LogP contribution in [0.25, 0.3) is 10.4 Å². The van der Waals surface area contributed by atoms with Crippen molar-refractivity contribution >= 4 is 22.2 Å². The van der Waals surface area contributed by atoms with Gasteiger partial charge in [-0.15, -0.1) is 0 Å². The first kappa shape index (κ1) is 31.4. The summed E-state index contributed by atoms with van der Waals surface area (Å²) in [7, 11) is -3.93. The van der Waals surface area contributed by atoms with Crippen LogP contribution >= 0.6 is 0 Å². The van der Waals surface area contributed by atoms with Gasteiger partial charge >= 0.3 is 12.1 Å². The highest BCUT2D eigenvalue weighted by Crippen LogP contribution is 2.27. The average Bonchev–Trinajstić information content (AvgIpc) is 2.89. The van der Waals surface area contributed by atoms with Crippen LogP contribution in [0.15, 0.2) is 35.4 Å². The summed E-state index contributed by atoms with van der Waals surface area (Å²) in [5, 5.41) is 3.30. The number of hydrogen-bond acceptors (Lipinski definition) is 10. The Morgan fingerprint density at radius 1 is 1.11 bits per heavy atom. The number of ether oxygens (including phenoxy) is 4. The molecule has 13 heteroatoms. The predicted octanol–water partition coefficient (Wildman–Crippen LogP) is 4.67. The van der Waals surface area contributed by atoms with Gasteiger partial charge in [0, 0.05) is 16.9 Å². The molecule has 12 nitrogen and oxygen atoms in total. The number of nitrogens with zero attached hydrogens (tertiary/aromatic N) is 3. The Labute approximate surface area is 223 Å². The molecular formula is C25H37N3O9S. The molecule has 0 N–H and O–H groups in total. The molecule has 0 amide bonds. The molecule has 1 aromatic rings. The average molecular weight is 556 g/mol. The number of rotatable bonds is 16. The predicted molar refractivity (Wildman–Crippen MR) is 137 cm³/mol. The zero-order valence-electron chi connectivity index (χ0n) is 22.0. The quantitative estimate of drug-likeness (QED) is 0.0704. The van der Waals surface area contributed by atoms with Crippen molar-refractivity contribution in [2.45, 2.75) is 71.2 Å². The smallest absolute Gasteiger partial charge is 0.460 e. The van der Waals surface area contributed by atoms with Crippen LogP contribution in [-0.2, 0) is 44.7 Å². The van der Waals surface area contributed by atoms with E-state index in [0.29, 0.717) is 0 Å². The first-order chi connectivity index (χ1) is 18.1. The highest BCUT2D eigenvalue weighted by Gasteiger charge is 2.39. The topological polar surface area (TPSA) is 163 Å². The van der Waals surface area contributed by atoms with Gasteiger partial charge in [-0.3, -0.25) is 4.18 Å². The molecular weight excluding hydrogens is 518 g/mol. The van der Waals surface area contributed by atoms with Gasteiger partial charge in [-0.1, -0.05) is 55.7 Å². The van der Waals surface area contributed by atoms with Gasteiger partial charge < -0.3 is 18.9 Å². The molecule has 0 spiro atoms. The van der Waals surface area contributed by atoms with Gasteiger partial charge in [-0.25, -0.2) is 9.59 Å². The minimum absolute atomic E-state index is 0.0217. The summed E-state index contributed by atoms with van der Waals surface area (Å²) in [5.74, 6) is -1.09. The Morgan fingerprint density at radius 3 is 2.47 bits per heavy atom. The summed E-state index contributed by atoms with van der Waals surface area (Å²) >= 11 is 0. The van der Waals surface area contributed by atoms with E-state index < -0.39 is 33.8 Å². The number of esters is 1. The molecule has 1 aliphatic carbocycles. The van der Waals surface area contributed by atoms with E-state index in [-0.39, 0.29) is 51.2 Å². The second kappa shape index (κ2) is 16.2. The van der Waals surface area contributed by atoms with E-state index in [1.54, 1.807) is 13.8 Å². The first-order valence-electron chi connectivity index (χ1n) is 12.7.